The summed E-state index contributed by atoms with van der Waals surface area (Å²) in [5.74, 6) is 0.615. The fourth-order valence-electron chi connectivity index (χ4n) is 3.55. The Morgan fingerprint density at radius 3 is 2.59 bits per heavy atom. The van der Waals surface area contributed by atoms with Gasteiger partial charge in [0.15, 0.2) is 5.84 Å². The van der Waals surface area contributed by atoms with Gasteiger partial charge in [-0.1, -0.05) is 19.9 Å². The van der Waals surface area contributed by atoms with Crippen LogP contribution >= 0.6 is 11.3 Å². The van der Waals surface area contributed by atoms with Crippen molar-refractivity contribution >= 4 is 22.9 Å². The fourth-order valence-corrected chi connectivity index (χ4v) is 4.16. The summed E-state index contributed by atoms with van der Waals surface area (Å²) in [5, 5.41) is 14.7. The molecular weight excluding hydrogens is 356 g/mol. The minimum atomic E-state index is 0.0291. The largest absolute Gasteiger partial charge is 0.368 e. The maximum Gasteiger partial charge on any atom is 0.175 e. The van der Waals surface area contributed by atoms with Crippen molar-refractivity contribution < 1.29 is 0 Å². The highest BCUT2D eigenvalue weighted by atomic mass is 32.1. The number of benzene rings is 1. The van der Waals surface area contributed by atoms with Gasteiger partial charge in [0.1, 0.15) is 0 Å². The number of thiazole rings is 1. The van der Waals surface area contributed by atoms with Crippen LogP contribution in [-0.4, -0.2) is 41.9 Å². The molecule has 1 fully saturated rings. The predicted octanol–water partition coefficient (Wildman–Crippen LogP) is 4.33. The summed E-state index contributed by atoms with van der Waals surface area (Å²) < 4.78 is 0. The number of nitrogens with zero attached hydrogens (tertiary/aromatic N) is 4. The van der Waals surface area contributed by atoms with Crippen LogP contribution in [-0.2, 0) is 13.0 Å². The maximum atomic E-state index is 8.04. The second-order valence-electron chi connectivity index (χ2n) is 7.53. The van der Waals surface area contributed by atoms with E-state index in [1.165, 1.54) is 5.56 Å². The van der Waals surface area contributed by atoms with E-state index in [9.17, 15) is 0 Å². The molecule has 2 aromatic rings. The van der Waals surface area contributed by atoms with Crippen LogP contribution in [0.15, 0.2) is 28.7 Å². The Kier molecular flexibility index (Phi) is 6.34. The van der Waals surface area contributed by atoms with Crippen LogP contribution in [0.2, 0.25) is 0 Å². The van der Waals surface area contributed by atoms with Gasteiger partial charge in [-0.05, 0) is 37.0 Å². The van der Waals surface area contributed by atoms with Gasteiger partial charge in [-0.25, -0.2) is 10.5 Å². The molecule has 0 amide bonds. The fraction of sp³-hybridized carbons (Fsp3) is 0.500. The molecule has 0 unspecified atom stereocenters. The zero-order chi connectivity index (χ0) is 19.4. The second kappa shape index (κ2) is 8.71. The number of rotatable bonds is 6. The summed E-state index contributed by atoms with van der Waals surface area (Å²) in [6.07, 6.45) is 1.02. The number of nitrogens with one attached hydrogen (secondary N) is 2. The van der Waals surface area contributed by atoms with Gasteiger partial charge in [0.25, 0.3) is 0 Å². The molecule has 2 N–H and O–H groups in total. The highest BCUT2D eigenvalue weighted by Gasteiger charge is 2.21. The van der Waals surface area contributed by atoms with Crippen molar-refractivity contribution in [1.29, 1.82) is 10.9 Å². The van der Waals surface area contributed by atoms with E-state index in [-0.39, 0.29) is 5.84 Å². The normalized spacial score (nSPS) is 15.3. The molecule has 0 bridgehead atoms. The lowest BCUT2D eigenvalue weighted by Gasteiger charge is -2.36. The molecule has 1 aliphatic heterocycles. The topological polar surface area (TPSA) is 79.4 Å². The number of hydrogen-bond acceptors (Lipinski definition) is 6. The molecule has 1 aromatic heterocycles. The summed E-state index contributed by atoms with van der Waals surface area (Å²) in [6.45, 7) is 11.1. The quantitative estimate of drug-likeness (QED) is 0.442. The molecule has 0 spiro atoms. The van der Waals surface area contributed by atoms with Gasteiger partial charge >= 0.3 is 0 Å². The molecule has 7 heteroatoms. The third kappa shape index (κ3) is 4.99. The zero-order valence-corrected chi connectivity index (χ0v) is 17.1. The van der Waals surface area contributed by atoms with Crippen molar-refractivity contribution in [2.24, 2.45) is 11.0 Å². The van der Waals surface area contributed by atoms with Crippen LogP contribution in [0.4, 0.5) is 5.69 Å². The standard InChI is InChI=1S/C20H28N6S/c1-14(2)10-16-4-5-18(20(21)24-22)19(11-16)26-8-6-25(7-9-26)12-17-13-27-15(3)23-17/h4-5,11,13-14,21-22H,6-10,12H2,1-3H3. The molecule has 1 saturated heterocycles. The van der Waals surface area contributed by atoms with Gasteiger partial charge in [0.2, 0.25) is 0 Å². The van der Waals surface area contributed by atoms with Crippen LogP contribution in [0.25, 0.3) is 0 Å². The number of amidine groups is 1. The highest BCUT2D eigenvalue weighted by molar-refractivity contribution is 7.09. The first kappa shape index (κ1) is 19.6. The molecule has 27 heavy (non-hydrogen) atoms. The lowest BCUT2D eigenvalue weighted by Crippen LogP contribution is -2.46. The third-order valence-corrected chi connectivity index (χ3v) is 5.66. The Balaban J connectivity index is 1.73. The summed E-state index contributed by atoms with van der Waals surface area (Å²) in [7, 11) is 0. The Bertz CT molecular complexity index is 805. The van der Waals surface area contributed by atoms with Gasteiger partial charge in [0.05, 0.1) is 10.7 Å². The van der Waals surface area contributed by atoms with E-state index in [4.69, 9.17) is 10.9 Å². The van der Waals surface area contributed by atoms with Crippen molar-refractivity contribution in [3.8, 4) is 0 Å². The summed E-state index contributed by atoms with van der Waals surface area (Å²) >= 11 is 1.70. The predicted molar refractivity (Wildman–Crippen MR) is 111 cm³/mol. The lowest BCUT2D eigenvalue weighted by atomic mass is 9.99. The molecular formula is C20H28N6S. The minimum absolute atomic E-state index is 0.0291. The first-order valence-corrected chi connectivity index (χ1v) is 10.3. The van der Waals surface area contributed by atoms with Crippen molar-refractivity contribution in [1.82, 2.24) is 9.88 Å². The number of hydrogen-bond donors (Lipinski definition) is 2. The SMILES string of the molecule is Cc1nc(CN2CCN(c3cc(CC(C)C)ccc3C(=N)N=N)CC2)cs1. The molecule has 3 rings (SSSR count). The van der Waals surface area contributed by atoms with E-state index in [2.05, 4.69) is 51.3 Å². The van der Waals surface area contributed by atoms with Crippen LogP contribution < -0.4 is 4.90 Å². The Hall–Kier alpha value is -2.12. The first-order valence-electron chi connectivity index (χ1n) is 9.44. The van der Waals surface area contributed by atoms with Crippen LogP contribution in [0.1, 0.15) is 35.7 Å². The molecule has 0 radical (unpaired) electrons. The maximum absolute atomic E-state index is 8.04. The molecule has 2 heterocycles. The smallest absolute Gasteiger partial charge is 0.175 e. The van der Waals surface area contributed by atoms with Crippen molar-refractivity contribution in [2.45, 2.75) is 33.7 Å². The van der Waals surface area contributed by atoms with Crippen molar-refractivity contribution in [2.75, 3.05) is 31.1 Å². The van der Waals surface area contributed by atoms with Gasteiger partial charge in [0, 0.05) is 49.4 Å². The van der Waals surface area contributed by atoms with Gasteiger partial charge in [-0.3, -0.25) is 10.3 Å². The molecule has 1 aliphatic rings. The molecule has 6 nitrogen and oxygen atoms in total. The third-order valence-electron chi connectivity index (χ3n) is 4.84. The number of anilines is 1. The van der Waals surface area contributed by atoms with Gasteiger partial charge in [-0.15, -0.1) is 16.5 Å². The van der Waals surface area contributed by atoms with Crippen molar-refractivity contribution in [3.63, 3.8) is 0 Å². The van der Waals surface area contributed by atoms with E-state index in [1.54, 1.807) is 11.3 Å². The number of aromatic nitrogens is 1. The van der Waals surface area contributed by atoms with E-state index < -0.39 is 0 Å². The van der Waals surface area contributed by atoms with Crippen LogP contribution in [0.3, 0.4) is 0 Å². The summed E-state index contributed by atoms with van der Waals surface area (Å²) in [5.41, 5.74) is 11.5. The van der Waals surface area contributed by atoms with Crippen molar-refractivity contribution in [3.05, 3.63) is 45.4 Å². The van der Waals surface area contributed by atoms with E-state index in [0.717, 1.165) is 61.1 Å². The monoisotopic (exact) mass is 384 g/mol. The van der Waals surface area contributed by atoms with E-state index in [0.29, 0.717) is 5.92 Å². The Morgan fingerprint density at radius 1 is 1.26 bits per heavy atom. The Labute approximate surface area is 165 Å². The molecule has 0 aliphatic carbocycles. The Morgan fingerprint density at radius 2 is 2.00 bits per heavy atom. The average Bonchev–Trinajstić information content (AvgIpc) is 3.06. The van der Waals surface area contributed by atoms with E-state index in [1.807, 2.05) is 13.0 Å². The first-order chi connectivity index (χ1) is 13.0. The van der Waals surface area contributed by atoms with Gasteiger partial charge < -0.3 is 4.90 Å². The minimum Gasteiger partial charge on any atom is -0.368 e. The average molecular weight is 385 g/mol. The number of aryl methyl sites for hydroxylation is 1. The molecule has 1 aromatic carbocycles. The molecule has 144 valence electrons. The summed E-state index contributed by atoms with van der Waals surface area (Å²) in [6, 6.07) is 6.21. The van der Waals surface area contributed by atoms with Crippen LogP contribution in [0, 0.1) is 23.8 Å². The number of piperazine rings is 1. The lowest BCUT2D eigenvalue weighted by molar-refractivity contribution is 0.247. The molecule has 0 saturated carbocycles. The van der Waals surface area contributed by atoms with E-state index >= 15 is 0 Å². The highest BCUT2D eigenvalue weighted by Crippen LogP contribution is 2.26. The van der Waals surface area contributed by atoms with Crippen LogP contribution in [0.5, 0.6) is 0 Å². The zero-order valence-electron chi connectivity index (χ0n) is 16.3. The van der Waals surface area contributed by atoms with Gasteiger partial charge in [-0.2, -0.15) is 0 Å². The second-order valence-corrected chi connectivity index (χ2v) is 8.59. The molecule has 0 atom stereocenters. The summed E-state index contributed by atoms with van der Waals surface area (Å²) in [4.78, 5) is 9.34.